The molecule has 52 heavy (non-hydrogen) atoms. The molecule has 0 N–H and O–H groups in total. The second-order valence-electron chi connectivity index (χ2n) is 10.9. The normalized spacial score (nSPS) is 9.46. The number of nitrogens with zero attached hydrogens (tertiary/aromatic N) is 10. The average Bonchev–Trinajstić information content (AvgIpc) is 3.19. The maximum absolute atomic E-state index is 8.63. The van der Waals surface area contributed by atoms with Gasteiger partial charge in [-0.05, 0) is 126 Å². The highest BCUT2D eigenvalue weighted by molar-refractivity contribution is 5.77. The molecule has 0 saturated heterocycles. The first-order chi connectivity index (χ1) is 25.6. The number of azide groups is 3. The third kappa shape index (κ3) is 8.99. The van der Waals surface area contributed by atoms with Crippen molar-refractivity contribution in [3.8, 4) is 35.5 Å². The molecule has 0 heterocycles. The Morgan fingerprint density at radius 3 is 0.692 bits per heavy atom. The lowest BCUT2D eigenvalue weighted by Gasteiger charge is -2.25. The molecule has 0 unspecified atom stereocenters. The van der Waals surface area contributed by atoms with E-state index in [1.54, 1.807) is 36.4 Å². The van der Waals surface area contributed by atoms with E-state index in [0.29, 0.717) is 17.1 Å². The van der Waals surface area contributed by atoms with Crippen molar-refractivity contribution in [1.29, 1.82) is 0 Å². The van der Waals surface area contributed by atoms with Crippen LogP contribution in [0.4, 0.5) is 34.1 Å². The van der Waals surface area contributed by atoms with Gasteiger partial charge in [-0.25, -0.2) is 0 Å². The van der Waals surface area contributed by atoms with Crippen molar-refractivity contribution in [3.63, 3.8) is 0 Å². The van der Waals surface area contributed by atoms with Gasteiger partial charge in [-0.15, -0.1) is 0 Å². The maximum Gasteiger partial charge on any atom is 0.0462 e. The molecule has 10 nitrogen and oxygen atoms in total. The van der Waals surface area contributed by atoms with Gasteiger partial charge >= 0.3 is 0 Å². The molecule has 0 amide bonds. The molecule has 0 saturated carbocycles. The molecular weight excluding hydrogens is 645 g/mol. The molecule has 6 rings (SSSR count). The number of rotatable bonds is 6. The van der Waals surface area contributed by atoms with Crippen molar-refractivity contribution in [2.24, 2.45) is 15.3 Å². The van der Waals surface area contributed by atoms with Gasteiger partial charge in [0.25, 0.3) is 0 Å². The zero-order valence-corrected chi connectivity index (χ0v) is 27.3. The second-order valence-corrected chi connectivity index (χ2v) is 10.9. The van der Waals surface area contributed by atoms with Gasteiger partial charge in [-0.1, -0.05) is 87.3 Å². The van der Waals surface area contributed by atoms with Gasteiger partial charge in [0.2, 0.25) is 0 Å². The predicted octanol–water partition coefficient (Wildman–Crippen LogP) is 12.2. The smallest absolute Gasteiger partial charge is 0.0462 e. The van der Waals surface area contributed by atoms with Crippen LogP contribution in [0.5, 0.6) is 0 Å². The van der Waals surface area contributed by atoms with Crippen LogP contribution >= 0.6 is 0 Å². The van der Waals surface area contributed by atoms with Gasteiger partial charge in [0, 0.05) is 82.2 Å². The fourth-order valence-corrected chi connectivity index (χ4v) is 4.95. The largest absolute Gasteiger partial charge is 0.311 e. The highest BCUT2D eigenvalue weighted by Gasteiger charge is 2.12. The minimum Gasteiger partial charge on any atom is -0.311 e. The summed E-state index contributed by atoms with van der Waals surface area (Å²) in [6, 6.07) is 45.3. The molecule has 0 aliphatic rings. The molecule has 0 atom stereocenters. The van der Waals surface area contributed by atoms with Crippen molar-refractivity contribution in [1.82, 2.24) is 0 Å². The molecular formula is C42H24N10. The average molecular weight is 669 g/mol. The molecule has 6 aromatic rings. The summed E-state index contributed by atoms with van der Waals surface area (Å²) in [5.74, 6) is 19.1. The van der Waals surface area contributed by atoms with Crippen LogP contribution in [0.15, 0.2) is 161 Å². The Kier molecular flexibility index (Phi) is 10.8. The molecule has 0 aliphatic heterocycles. The van der Waals surface area contributed by atoms with Crippen LogP contribution in [0.3, 0.4) is 0 Å². The van der Waals surface area contributed by atoms with Crippen molar-refractivity contribution in [2.45, 2.75) is 0 Å². The molecule has 0 aliphatic carbocycles. The predicted molar refractivity (Wildman–Crippen MR) is 205 cm³/mol. The first-order valence-corrected chi connectivity index (χ1v) is 15.7. The quantitative estimate of drug-likeness (QED) is 0.0738. The molecule has 242 valence electrons. The minimum absolute atomic E-state index is 0.536. The van der Waals surface area contributed by atoms with Gasteiger partial charge < -0.3 is 4.90 Å². The second kappa shape index (κ2) is 16.7. The molecule has 6 aromatic carbocycles. The molecule has 0 fully saturated rings. The summed E-state index contributed by atoms with van der Waals surface area (Å²) in [5.41, 5.74) is 35.3. The van der Waals surface area contributed by atoms with E-state index in [4.69, 9.17) is 16.6 Å². The first-order valence-electron chi connectivity index (χ1n) is 15.7. The van der Waals surface area contributed by atoms with Crippen LogP contribution in [-0.2, 0) is 0 Å². The van der Waals surface area contributed by atoms with Gasteiger partial charge in [-0.2, -0.15) is 0 Å². The summed E-state index contributed by atoms with van der Waals surface area (Å²) in [4.78, 5) is 10.6. The van der Waals surface area contributed by atoms with Crippen LogP contribution in [0, 0.1) is 35.5 Å². The van der Waals surface area contributed by atoms with Crippen LogP contribution in [0.25, 0.3) is 31.3 Å². The Labute approximate surface area is 299 Å². The molecule has 0 spiro atoms. The van der Waals surface area contributed by atoms with Crippen LogP contribution in [0.1, 0.15) is 33.4 Å². The van der Waals surface area contributed by atoms with Crippen molar-refractivity contribution in [3.05, 3.63) is 210 Å². The lowest BCUT2D eigenvalue weighted by molar-refractivity contribution is 1.28. The number of benzene rings is 6. The van der Waals surface area contributed by atoms with E-state index < -0.39 is 0 Å². The fraction of sp³-hybridized carbons (Fsp3) is 0. The third-order valence-electron chi connectivity index (χ3n) is 7.51. The highest BCUT2D eigenvalue weighted by Crippen LogP contribution is 2.35. The monoisotopic (exact) mass is 668 g/mol. The Hall–Kier alpha value is -8.27. The lowest BCUT2D eigenvalue weighted by Crippen LogP contribution is -2.09. The van der Waals surface area contributed by atoms with Crippen LogP contribution in [0.2, 0.25) is 0 Å². The van der Waals surface area contributed by atoms with Gasteiger partial charge in [-0.3, -0.25) is 0 Å². The highest BCUT2D eigenvalue weighted by atomic mass is 15.1. The Morgan fingerprint density at radius 2 is 0.500 bits per heavy atom. The number of anilines is 3. The first kappa shape index (κ1) is 33.6. The van der Waals surface area contributed by atoms with E-state index in [-0.39, 0.29) is 0 Å². The summed E-state index contributed by atoms with van der Waals surface area (Å²) in [6.45, 7) is 0. The summed E-state index contributed by atoms with van der Waals surface area (Å²) in [5, 5.41) is 10.8. The van der Waals surface area contributed by atoms with E-state index in [2.05, 4.69) is 70.5 Å². The molecule has 0 bridgehead atoms. The van der Waals surface area contributed by atoms with Crippen molar-refractivity contribution < 1.29 is 0 Å². The van der Waals surface area contributed by atoms with Gasteiger partial charge in [0.05, 0.1) is 0 Å². The molecule has 0 aromatic heterocycles. The maximum atomic E-state index is 8.63. The van der Waals surface area contributed by atoms with E-state index >= 15 is 0 Å². The summed E-state index contributed by atoms with van der Waals surface area (Å²) >= 11 is 0. The van der Waals surface area contributed by atoms with Crippen molar-refractivity contribution in [2.75, 3.05) is 4.90 Å². The standard InChI is InChI=1S/C42H24N10/c43-49-46-37-19-7-31(8-20-37)1-4-34-13-25-40(26-14-34)52(41-27-15-35(16-28-41)5-2-32-9-21-38(22-10-32)47-50-44)42-29-17-36(18-30-42)6-3-33-11-23-39(24-12-33)48-51-45/h7-30H. The zero-order valence-electron chi connectivity index (χ0n) is 27.3. The topological polar surface area (TPSA) is 150 Å². The minimum atomic E-state index is 0.536. The van der Waals surface area contributed by atoms with E-state index in [9.17, 15) is 0 Å². The van der Waals surface area contributed by atoms with E-state index in [1.165, 1.54) is 0 Å². The Morgan fingerprint density at radius 1 is 0.308 bits per heavy atom. The molecule has 10 heteroatoms. The van der Waals surface area contributed by atoms with Crippen molar-refractivity contribution >= 4 is 34.1 Å². The number of hydrogen-bond donors (Lipinski definition) is 0. The Bertz CT molecular complexity index is 2250. The fourth-order valence-electron chi connectivity index (χ4n) is 4.95. The Balaban J connectivity index is 1.27. The molecule has 0 radical (unpaired) electrons. The third-order valence-corrected chi connectivity index (χ3v) is 7.51. The summed E-state index contributed by atoms with van der Waals surface area (Å²) in [6.07, 6.45) is 0. The SMILES string of the molecule is [N-]=[N+]=Nc1ccc(C#Cc2ccc(N(c3ccc(C#Cc4ccc(N=[N+]=[N-])cc4)cc3)c3ccc(C#Cc4ccc(N=[N+]=[N-])cc4)cc3)cc2)cc1. The van der Waals surface area contributed by atoms with Crippen LogP contribution < -0.4 is 4.90 Å². The van der Waals surface area contributed by atoms with Gasteiger partial charge in [0.1, 0.15) is 0 Å². The van der Waals surface area contributed by atoms with Gasteiger partial charge in [0.15, 0.2) is 0 Å². The lowest BCUT2D eigenvalue weighted by atomic mass is 10.1. The zero-order chi connectivity index (χ0) is 36.0. The van der Waals surface area contributed by atoms with E-state index in [1.807, 2.05) is 109 Å². The number of hydrogen-bond acceptors (Lipinski definition) is 4. The summed E-state index contributed by atoms with van der Waals surface area (Å²) < 4.78 is 0. The summed E-state index contributed by atoms with van der Waals surface area (Å²) in [7, 11) is 0. The van der Waals surface area contributed by atoms with Crippen LogP contribution in [-0.4, -0.2) is 0 Å². The van der Waals surface area contributed by atoms with E-state index in [0.717, 1.165) is 50.4 Å².